The molecule has 0 spiro atoms. The summed E-state index contributed by atoms with van der Waals surface area (Å²) in [7, 11) is 1.63. The van der Waals surface area contributed by atoms with E-state index >= 15 is 0 Å². The van der Waals surface area contributed by atoms with Gasteiger partial charge in [0.25, 0.3) is 5.91 Å². The van der Waals surface area contributed by atoms with E-state index in [1.54, 1.807) is 24.1 Å². The van der Waals surface area contributed by atoms with Crippen molar-refractivity contribution in [2.45, 2.75) is 31.7 Å². The van der Waals surface area contributed by atoms with Crippen LogP contribution in [0, 0.1) is 0 Å². The summed E-state index contributed by atoms with van der Waals surface area (Å²) in [5.41, 5.74) is 1.32. The van der Waals surface area contributed by atoms with Gasteiger partial charge in [-0.1, -0.05) is 0 Å². The molecule has 1 fully saturated rings. The summed E-state index contributed by atoms with van der Waals surface area (Å²) in [4.78, 5) is 14.6. The third-order valence-electron chi connectivity index (χ3n) is 4.50. The molecule has 2 aromatic rings. The number of hydrogen-bond acceptors (Lipinski definition) is 4. The van der Waals surface area contributed by atoms with E-state index in [0.29, 0.717) is 12.1 Å². The summed E-state index contributed by atoms with van der Waals surface area (Å²) in [6, 6.07) is 9.38. The molecular weight excluding hydrogens is 306 g/mol. The van der Waals surface area contributed by atoms with Gasteiger partial charge in [-0.2, -0.15) is 5.10 Å². The SMILES string of the molecule is COc1ccc(-n2ccc(C(=O)N3CCCCC3CCO)n2)cc1. The Morgan fingerprint density at radius 3 is 2.79 bits per heavy atom. The van der Waals surface area contributed by atoms with Crippen LogP contribution in [0.3, 0.4) is 0 Å². The van der Waals surface area contributed by atoms with Crippen molar-refractivity contribution in [3.8, 4) is 11.4 Å². The van der Waals surface area contributed by atoms with Crippen molar-refractivity contribution < 1.29 is 14.6 Å². The summed E-state index contributed by atoms with van der Waals surface area (Å²) >= 11 is 0. The minimum atomic E-state index is -0.0552. The first-order valence-electron chi connectivity index (χ1n) is 8.35. The second-order valence-corrected chi connectivity index (χ2v) is 6.00. The molecule has 6 heteroatoms. The first-order chi connectivity index (χ1) is 11.7. The normalized spacial score (nSPS) is 17.8. The van der Waals surface area contributed by atoms with Crippen LogP contribution in [-0.4, -0.2) is 52.0 Å². The third kappa shape index (κ3) is 3.43. The van der Waals surface area contributed by atoms with E-state index in [1.165, 1.54) is 0 Å². The summed E-state index contributed by atoms with van der Waals surface area (Å²) in [6.07, 6.45) is 5.48. The average Bonchev–Trinajstić information content (AvgIpc) is 3.12. The number of aromatic nitrogens is 2. The van der Waals surface area contributed by atoms with E-state index in [0.717, 1.165) is 37.2 Å². The maximum Gasteiger partial charge on any atom is 0.274 e. The van der Waals surface area contributed by atoms with E-state index < -0.39 is 0 Å². The lowest BCUT2D eigenvalue weighted by Gasteiger charge is -2.35. The Labute approximate surface area is 141 Å². The van der Waals surface area contributed by atoms with Crippen molar-refractivity contribution in [3.05, 3.63) is 42.2 Å². The number of carbonyl (C=O) groups is 1. The van der Waals surface area contributed by atoms with E-state index in [-0.39, 0.29) is 18.6 Å². The van der Waals surface area contributed by atoms with Crippen LogP contribution in [0.4, 0.5) is 0 Å². The lowest BCUT2D eigenvalue weighted by atomic mass is 9.99. The zero-order chi connectivity index (χ0) is 16.9. The molecule has 0 bridgehead atoms. The summed E-state index contributed by atoms with van der Waals surface area (Å²) in [5, 5.41) is 13.6. The highest BCUT2D eigenvalue weighted by Crippen LogP contribution is 2.22. The molecule has 3 rings (SSSR count). The fourth-order valence-electron chi connectivity index (χ4n) is 3.18. The number of amides is 1. The fourth-order valence-corrected chi connectivity index (χ4v) is 3.18. The summed E-state index contributed by atoms with van der Waals surface area (Å²) in [5.74, 6) is 0.725. The molecule has 0 aliphatic carbocycles. The van der Waals surface area contributed by atoms with Gasteiger partial charge in [0.2, 0.25) is 0 Å². The standard InChI is InChI=1S/C18H23N3O3/c1-24-16-7-5-15(6-8-16)21-12-9-17(19-21)18(23)20-11-3-2-4-14(20)10-13-22/h5-9,12,14,22H,2-4,10-11,13H2,1H3. The Morgan fingerprint density at radius 1 is 1.29 bits per heavy atom. The number of nitrogens with zero attached hydrogens (tertiary/aromatic N) is 3. The summed E-state index contributed by atoms with van der Waals surface area (Å²) in [6.45, 7) is 0.841. The number of rotatable bonds is 5. The van der Waals surface area contributed by atoms with Gasteiger partial charge in [-0.15, -0.1) is 0 Å². The van der Waals surface area contributed by atoms with E-state index in [4.69, 9.17) is 4.74 Å². The van der Waals surface area contributed by atoms with Gasteiger partial charge in [-0.3, -0.25) is 4.79 Å². The first-order valence-corrected chi connectivity index (χ1v) is 8.35. The number of piperidine rings is 1. The number of hydrogen-bond donors (Lipinski definition) is 1. The van der Waals surface area contributed by atoms with Crippen LogP contribution >= 0.6 is 0 Å². The molecule has 128 valence electrons. The fraction of sp³-hybridized carbons (Fsp3) is 0.444. The molecule has 0 saturated carbocycles. The number of benzene rings is 1. The van der Waals surface area contributed by atoms with Crippen LogP contribution in [0.25, 0.3) is 5.69 Å². The number of carbonyl (C=O) groups excluding carboxylic acids is 1. The van der Waals surface area contributed by atoms with E-state index in [2.05, 4.69) is 5.10 Å². The molecule has 1 aliphatic rings. The molecule has 0 radical (unpaired) electrons. The van der Waals surface area contributed by atoms with Gasteiger partial charge in [0.05, 0.1) is 12.8 Å². The Balaban J connectivity index is 1.77. The minimum absolute atomic E-state index is 0.0552. The largest absolute Gasteiger partial charge is 0.497 e. The highest BCUT2D eigenvalue weighted by atomic mass is 16.5. The lowest BCUT2D eigenvalue weighted by molar-refractivity contribution is 0.0568. The van der Waals surface area contributed by atoms with Gasteiger partial charge in [0, 0.05) is 25.4 Å². The second kappa shape index (κ2) is 7.49. The molecule has 1 aromatic carbocycles. The Hall–Kier alpha value is -2.34. The number of aliphatic hydroxyl groups is 1. The maximum absolute atomic E-state index is 12.8. The molecule has 1 amide bonds. The van der Waals surface area contributed by atoms with Crippen molar-refractivity contribution in [1.82, 2.24) is 14.7 Å². The van der Waals surface area contributed by atoms with Crippen molar-refractivity contribution in [1.29, 1.82) is 0 Å². The van der Waals surface area contributed by atoms with Gasteiger partial charge >= 0.3 is 0 Å². The topological polar surface area (TPSA) is 67.6 Å². The van der Waals surface area contributed by atoms with Crippen molar-refractivity contribution in [2.24, 2.45) is 0 Å². The van der Waals surface area contributed by atoms with E-state index in [1.807, 2.05) is 29.2 Å². The molecule has 1 N–H and O–H groups in total. The van der Waals surface area contributed by atoms with Gasteiger partial charge in [-0.05, 0) is 56.0 Å². The van der Waals surface area contributed by atoms with Crippen LogP contribution in [-0.2, 0) is 0 Å². The highest BCUT2D eigenvalue weighted by Gasteiger charge is 2.28. The predicted molar refractivity (Wildman–Crippen MR) is 90.5 cm³/mol. The Bertz CT molecular complexity index is 679. The maximum atomic E-state index is 12.8. The molecule has 6 nitrogen and oxygen atoms in total. The van der Waals surface area contributed by atoms with Gasteiger partial charge in [0.1, 0.15) is 5.75 Å². The first kappa shape index (κ1) is 16.5. The number of aliphatic hydroxyl groups excluding tert-OH is 1. The van der Waals surface area contributed by atoms with Crippen LogP contribution in [0.1, 0.15) is 36.2 Å². The quantitative estimate of drug-likeness (QED) is 0.914. The van der Waals surface area contributed by atoms with Gasteiger partial charge < -0.3 is 14.7 Å². The highest BCUT2D eigenvalue weighted by molar-refractivity contribution is 5.92. The van der Waals surface area contributed by atoms with Crippen LogP contribution in [0.5, 0.6) is 5.75 Å². The lowest BCUT2D eigenvalue weighted by Crippen LogP contribution is -2.44. The third-order valence-corrected chi connectivity index (χ3v) is 4.50. The smallest absolute Gasteiger partial charge is 0.274 e. The molecule has 1 unspecified atom stereocenters. The average molecular weight is 329 g/mol. The predicted octanol–water partition coefficient (Wildman–Crippen LogP) is 2.26. The molecule has 2 heterocycles. The van der Waals surface area contributed by atoms with Crippen molar-refractivity contribution in [2.75, 3.05) is 20.3 Å². The number of ether oxygens (including phenoxy) is 1. The zero-order valence-electron chi connectivity index (χ0n) is 13.9. The minimum Gasteiger partial charge on any atom is -0.497 e. The summed E-state index contributed by atoms with van der Waals surface area (Å²) < 4.78 is 6.84. The van der Waals surface area contributed by atoms with Crippen LogP contribution < -0.4 is 4.74 Å². The van der Waals surface area contributed by atoms with E-state index in [9.17, 15) is 9.90 Å². The van der Waals surface area contributed by atoms with Crippen LogP contribution in [0.2, 0.25) is 0 Å². The van der Waals surface area contributed by atoms with Gasteiger partial charge in [0.15, 0.2) is 5.69 Å². The molecular formula is C18H23N3O3. The Kier molecular flexibility index (Phi) is 5.15. The van der Waals surface area contributed by atoms with Crippen molar-refractivity contribution in [3.63, 3.8) is 0 Å². The molecule has 1 atom stereocenters. The number of likely N-dealkylation sites (tertiary alicyclic amines) is 1. The monoisotopic (exact) mass is 329 g/mol. The molecule has 1 saturated heterocycles. The van der Waals surface area contributed by atoms with Crippen LogP contribution in [0.15, 0.2) is 36.5 Å². The molecule has 1 aliphatic heterocycles. The second-order valence-electron chi connectivity index (χ2n) is 6.00. The van der Waals surface area contributed by atoms with Crippen molar-refractivity contribution >= 4 is 5.91 Å². The Morgan fingerprint density at radius 2 is 2.08 bits per heavy atom. The zero-order valence-corrected chi connectivity index (χ0v) is 13.9. The molecule has 1 aromatic heterocycles. The number of methoxy groups -OCH3 is 1. The van der Waals surface area contributed by atoms with Gasteiger partial charge in [-0.25, -0.2) is 4.68 Å². The molecule has 24 heavy (non-hydrogen) atoms.